The molecule has 9 heteroatoms. The Kier molecular flexibility index (Phi) is 8.30. The Labute approximate surface area is 209 Å². The number of aryl methyl sites for hydroxylation is 2. The molecule has 0 saturated carbocycles. The highest BCUT2D eigenvalue weighted by Crippen LogP contribution is 2.33. The maximum absolute atomic E-state index is 13.3. The van der Waals surface area contributed by atoms with E-state index in [0.717, 1.165) is 22.9 Å². The molecule has 1 atom stereocenters. The molecule has 35 heavy (non-hydrogen) atoms. The summed E-state index contributed by atoms with van der Waals surface area (Å²) in [5.74, 6) is -1.04. The van der Waals surface area contributed by atoms with Gasteiger partial charge in [-0.15, -0.1) is 0 Å². The van der Waals surface area contributed by atoms with E-state index in [1.54, 1.807) is 18.2 Å². The van der Waals surface area contributed by atoms with Gasteiger partial charge < -0.3 is 9.72 Å². The van der Waals surface area contributed by atoms with Crippen LogP contribution in [0.15, 0.2) is 64.4 Å². The van der Waals surface area contributed by atoms with Crippen molar-refractivity contribution in [1.82, 2.24) is 4.98 Å². The highest BCUT2D eigenvalue weighted by Gasteiger charge is 2.22. The second kappa shape index (κ2) is 11.0. The zero-order chi connectivity index (χ0) is 25.8. The molecule has 3 aromatic rings. The number of hydrogen-bond donors (Lipinski definition) is 1. The fourth-order valence-corrected chi connectivity index (χ4v) is 4.76. The minimum absolute atomic E-state index is 0.0243. The largest absolute Gasteiger partial charge is 0.469 e. The number of rotatable bonds is 9. The minimum Gasteiger partial charge on any atom is -0.469 e. The van der Waals surface area contributed by atoms with Crippen LogP contribution in [0.1, 0.15) is 51.4 Å². The summed E-state index contributed by atoms with van der Waals surface area (Å²) in [6, 6.07) is 13.4. The molecule has 3 rings (SSSR count). The number of aromatic nitrogens is 1. The molecule has 0 bridgehead atoms. The summed E-state index contributed by atoms with van der Waals surface area (Å²) in [7, 11) is -2.09. The number of esters is 1. The molecular formula is C26H26ClNO6S. The number of H-pyrrole nitrogens is 1. The Morgan fingerprint density at radius 3 is 2.37 bits per heavy atom. The van der Waals surface area contributed by atoms with E-state index in [4.69, 9.17) is 11.6 Å². The first-order valence-electron chi connectivity index (χ1n) is 10.9. The van der Waals surface area contributed by atoms with Gasteiger partial charge in [-0.05, 0) is 60.4 Å². The van der Waals surface area contributed by atoms with Gasteiger partial charge in [-0.25, -0.2) is 8.42 Å². The summed E-state index contributed by atoms with van der Waals surface area (Å²) in [5.41, 5.74) is 2.80. The van der Waals surface area contributed by atoms with Crippen LogP contribution in [0.5, 0.6) is 0 Å². The number of nitrogens with one attached hydrogen (secondary N) is 1. The molecule has 0 radical (unpaired) electrons. The first kappa shape index (κ1) is 26.4. The zero-order valence-electron chi connectivity index (χ0n) is 19.6. The predicted molar refractivity (Wildman–Crippen MR) is 134 cm³/mol. The second-order valence-electron chi connectivity index (χ2n) is 8.34. The molecule has 1 heterocycles. The van der Waals surface area contributed by atoms with Gasteiger partial charge in [-0.1, -0.05) is 29.8 Å². The van der Waals surface area contributed by atoms with Crippen molar-refractivity contribution in [2.24, 2.45) is 0 Å². The Morgan fingerprint density at radius 1 is 1.09 bits per heavy atom. The molecule has 184 valence electrons. The van der Waals surface area contributed by atoms with Gasteiger partial charge in [0.1, 0.15) is 0 Å². The van der Waals surface area contributed by atoms with Gasteiger partial charge in [0, 0.05) is 47.4 Å². The maximum atomic E-state index is 13.3. The van der Waals surface area contributed by atoms with Gasteiger partial charge in [0.05, 0.1) is 12.0 Å². The van der Waals surface area contributed by atoms with E-state index < -0.39 is 15.8 Å². The van der Waals surface area contributed by atoms with Crippen molar-refractivity contribution < 1.29 is 22.7 Å². The number of carbonyl (C=O) groups is 2. The number of hydrogen-bond acceptors (Lipinski definition) is 6. The fourth-order valence-electron chi connectivity index (χ4n) is 3.90. The van der Waals surface area contributed by atoms with Gasteiger partial charge in [0.25, 0.3) is 5.56 Å². The predicted octanol–water partition coefficient (Wildman–Crippen LogP) is 4.25. The van der Waals surface area contributed by atoms with E-state index in [9.17, 15) is 22.8 Å². The van der Waals surface area contributed by atoms with E-state index >= 15 is 0 Å². The van der Waals surface area contributed by atoms with E-state index in [1.807, 2.05) is 19.1 Å². The summed E-state index contributed by atoms with van der Waals surface area (Å²) in [5, 5.41) is 0.569. The standard InChI is InChI=1S/C26H26ClNO6S/c1-16-12-20(27)7-10-22(16)23(17-4-8-21(9-5-17)35(3,32)33)14-24(29)19-13-18(26(31)28-15-19)6-11-25(30)34-2/h4-5,7-10,12-13,15,23H,6,11,14H2,1-3H3,(H,28,31). The van der Waals surface area contributed by atoms with Crippen LogP contribution < -0.4 is 5.56 Å². The van der Waals surface area contributed by atoms with Gasteiger partial charge in [0.15, 0.2) is 15.6 Å². The summed E-state index contributed by atoms with van der Waals surface area (Å²) < 4.78 is 28.4. The van der Waals surface area contributed by atoms with Crippen LogP contribution in [0.4, 0.5) is 0 Å². The van der Waals surface area contributed by atoms with Crippen LogP contribution in [0.25, 0.3) is 0 Å². The third-order valence-electron chi connectivity index (χ3n) is 5.84. The third-order valence-corrected chi connectivity index (χ3v) is 7.20. The van der Waals surface area contributed by atoms with Crippen molar-refractivity contribution in [3.63, 3.8) is 0 Å². The van der Waals surface area contributed by atoms with Crippen molar-refractivity contribution in [1.29, 1.82) is 0 Å². The Balaban J connectivity index is 1.97. The van der Waals surface area contributed by atoms with Crippen LogP contribution in [-0.2, 0) is 25.8 Å². The number of ketones is 1. The van der Waals surface area contributed by atoms with Gasteiger partial charge in [-0.3, -0.25) is 14.4 Å². The molecule has 1 unspecified atom stereocenters. The third kappa shape index (κ3) is 6.68. The lowest BCUT2D eigenvalue weighted by molar-refractivity contribution is -0.140. The molecular weight excluding hydrogens is 490 g/mol. The molecule has 0 aliphatic carbocycles. The smallest absolute Gasteiger partial charge is 0.305 e. The number of carbonyl (C=O) groups excluding carboxylic acids is 2. The normalized spacial score (nSPS) is 12.2. The molecule has 0 saturated heterocycles. The highest BCUT2D eigenvalue weighted by molar-refractivity contribution is 7.90. The highest BCUT2D eigenvalue weighted by atomic mass is 35.5. The topological polar surface area (TPSA) is 110 Å². The molecule has 7 nitrogen and oxygen atoms in total. The molecule has 0 amide bonds. The Bertz CT molecular complexity index is 1410. The first-order valence-corrected chi connectivity index (χ1v) is 13.1. The lowest BCUT2D eigenvalue weighted by atomic mass is 9.84. The first-order chi connectivity index (χ1) is 16.5. The number of methoxy groups -OCH3 is 1. The van der Waals surface area contributed by atoms with E-state index in [-0.39, 0.29) is 41.4 Å². The maximum Gasteiger partial charge on any atom is 0.305 e. The van der Waals surface area contributed by atoms with Crippen LogP contribution in [0, 0.1) is 6.92 Å². The Hall–Kier alpha value is -3.23. The minimum atomic E-state index is -3.36. The van der Waals surface area contributed by atoms with E-state index in [2.05, 4.69) is 9.72 Å². The van der Waals surface area contributed by atoms with Crippen molar-refractivity contribution >= 4 is 33.2 Å². The number of aromatic amines is 1. The van der Waals surface area contributed by atoms with Crippen LogP contribution in [0.2, 0.25) is 5.02 Å². The number of benzene rings is 2. The Morgan fingerprint density at radius 2 is 1.77 bits per heavy atom. The van der Waals surface area contributed by atoms with E-state index in [0.29, 0.717) is 16.1 Å². The van der Waals surface area contributed by atoms with Crippen LogP contribution >= 0.6 is 11.6 Å². The fraction of sp³-hybridized carbons (Fsp3) is 0.269. The van der Waals surface area contributed by atoms with Gasteiger partial charge >= 0.3 is 5.97 Å². The lowest BCUT2D eigenvalue weighted by Gasteiger charge is -2.20. The van der Waals surface area contributed by atoms with Crippen molar-refractivity contribution in [3.05, 3.63) is 97.9 Å². The quantitative estimate of drug-likeness (QED) is 0.337. The molecule has 1 N–H and O–H groups in total. The molecule has 2 aromatic carbocycles. The van der Waals surface area contributed by atoms with Crippen molar-refractivity contribution in [2.45, 2.75) is 37.0 Å². The lowest BCUT2D eigenvalue weighted by Crippen LogP contribution is -2.17. The summed E-state index contributed by atoms with van der Waals surface area (Å²) in [4.78, 5) is 39.7. The number of pyridine rings is 1. The summed E-state index contributed by atoms with van der Waals surface area (Å²) in [6.07, 6.45) is 2.75. The molecule has 0 aliphatic rings. The monoisotopic (exact) mass is 515 g/mol. The van der Waals surface area contributed by atoms with Crippen LogP contribution in [0.3, 0.4) is 0 Å². The summed E-state index contributed by atoms with van der Waals surface area (Å²) >= 11 is 6.13. The van der Waals surface area contributed by atoms with Gasteiger partial charge in [-0.2, -0.15) is 0 Å². The number of Topliss-reactive ketones (excluding diaryl/α,β-unsaturated/α-hetero) is 1. The summed E-state index contributed by atoms with van der Waals surface area (Å²) in [6.45, 7) is 1.90. The molecule has 0 spiro atoms. The number of halogens is 1. The van der Waals surface area contributed by atoms with E-state index in [1.165, 1.54) is 31.5 Å². The van der Waals surface area contributed by atoms with Crippen molar-refractivity contribution in [2.75, 3.05) is 13.4 Å². The molecule has 0 aliphatic heterocycles. The number of ether oxygens (including phenoxy) is 1. The van der Waals surface area contributed by atoms with Gasteiger partial charge in [0.2, 0.25) is 0 Å². The average Bonchev–Trinajstić information content (AvgIpc) is 2.81. The van der Waals surface area contributed by atoms with Crippen molar-refractivity contribution in [3.8, 4) is 0 Å². The molecule has 0 fully saturated rings. The SMILES string of the molecule is COC(=O)CCc1cc(C(=O)CC(c2ccc(S(C)(=O)=O)cc2)c2ccc(Cl)cc2C)c[nH]c1=O. The van der Waals surface area contributed by atoms with Crippen LogP contribution in [-0.4, -0.2) is 38.5 Å². The average molecular weight is 516 g/mol. The number of sulfone groups is 1. The molecule has 1 aromatic heterocycles. The zero-order valence-corrected chi connectivity index (χ0v) is 21.2. The second-order valence-corrected chi connectivity index (χ2v) is 10.8.